The van der Waals surface area contributed by atoms with Crippen molar-refractivity contribution in [3.8, 4) is 0 Å². The Morgan fingerprint density at radius 2 is 2.11 bits per heavy atom. The van der Waals surface area contributed by atoms with Crippen LogP contribution in [0.4, 0.5) is 5.69 Å². The van der Waals surface area contributed by atoms with Gasteiger partial charge in [-0.15, -0.1) is 0 Å². The van der Waals surface area contributed by atoms with Gasteiger partial charge in [0.2, 0.25) is 0 Å². The molecule has 1 saturated heterocycles. The van der Waals surface area contributed by atoms with Crippen LogP contribution in [-0.4, -0.2) is 29.4 Å². The maximum Gasteiger partial charge on any atom is 0.164 e. The van der Waals surface area contributed by atoms with Crippen molar-refractivity contribution in [3.05, 3.63) is 29.8 Å². The zero-order valence-corrected chi connectivity index (χ0v) is 12.2. The van der Waals surface area contributed by atoms with E-state index in [-0.39, 0.29) is 10.5 Å². The molecule has 1 aromatic carbocycles. The smallest absolute Gasteiger partial charge is 0.164 e. The Morgan fingerprint density at radius 1 is 1.39 bits per heavy atom. The van der Waals surface area contributed by atoms with Gasteiger partial charge in [0, 0.05) is 41.3 Å². The van der Waals surface area contributed by atoms with E-state index in [0.717, 1.165) is 30.1 Å². The van der Waals surface area contributed by atoms with E-state index >= 15 is 0 Å². The molecule has 98 valence electrons. The van der Waals surface area contributed by atoms with Gasteiger partial charge in [-0.2, -0.15) is 11.8 Å². The first-order valence-corrected chi connectivity index (χ1v) is 7.53. The summed E-state index contributed by atoms with van der Waals surface area (Å²) in [6, 6.07) is 8.01. The maximum atomic E-state index is 12.0. The molecule has 0 atom stereocenters. The molecule has 0 unspecified atom stereocenters. The fourth-order valence-corrected chi connectivity index (χ4v) is 3.51. The molecule has 0 saturated carbocycles. The summed E-state index contributed by atoms with van der Waals surface area (Å²) in [6.07, 6.45) is 0.572. The number of carbonyl (C=O) groups is 1. The van der Waals surface area contributed by atoms with E-state index < -0.39 is 0 Å². The molecule has 0 aromatic heterocycles. The molecule has 0 spiro atoms. The minimum absolute atomic E-state index is 0.238. The first kappa shape index (κ1) is 13.5. The van der Waals surface area contributed by atoms with Crippen LogP contribution in [0, 0.1) is 0 Å². The molecule has 0 bridgehead atoms. The van der Waals surface area contributed by atoms with Crippen LogP contribution in [0.15, 0.2) is 24.3 Å². The standard InChI is InChI=1S/C15H21NOS/c1-4-14(17)12-7-5-6-8-13(12)16-9-10-18-15(2,3)11-16/h5-8H,4,9-11H2,1-3H3. The molecule has 0 radical (unpaired) electrons. The van der Waals surface area contributed by atoms with Crippen LogP contribution in [0.3, 0.4) is 0 Å². The Morgan fingerprint density at radius 3 is 2.78 bits per heavy atom. The lowest BCUT2D eigenvalue weighted by Crippen LogP contribution is -2.43. The molecule has 2 nitrogen and oxygen atoms in total. The Balaban J connectivity index is 2.30. The van der Waals surface area contributed by atoms with Crippen LogP contribution in [0.2, 0.25) is 0 Å². The Hall–Kier alpha value is -0.960. The molecule has 18 heavy (non-hydrogen) atoms. The van der Waals surface area contributed by atoms with Gasteiger partial charge in [-0.1, -0.05) is 19.1 Å². The second-order valence-corrected chi connectivity index (χ2v) is 7.13. The van der Waals surface area contributed by atoms with Crippen LogP contribution in [-0.2, 0) is 0 Å². The molecule has 0 amide bonds. The lowest BCUT2D eigenvalue weighted by Gasteiger charge is -2.39. The van der Waals surface area contributed by atoms with Gasteiger partial charge in [0.1, 0.15) is 0 Å². The van der Waals surface area contributed by atoms with E-state index in [1.54, 1.807) is 0 Å². The Kier molecular flexibility index (Phi) is 4.00. The maximum absolute atomic E-state index is 12.0. The van der Waals surface area contributed by atoms with E-state index in [9.17, 15) is 4.79 Å². The van der Waals surface area contributed by atoms with Crippen molar-refractivity contribution >= 4 is 23.2 Å². The molecule has 1 aromatic rings. The molecular weight excluding hydrogens is 242 g/mol. The monoisotopic (exact) mass is 263 g/mol. The van der Waals surface area contributed by atoms with Crippen LogP contribution >= 0.6 is 11.8 Å². The van der Waals surface area contributed by atoms with Gasteiger partial charge >= 0.3 is 0 Å². The fraction of sp³-hybridized carbons (Fsp3) is 0.533. The third-order valence-electron chi connectivity index (χ3n) is 3.29. The number of thioether (sulfide) groups is 1. The molecule has 2 rings (SSSR count). The molecule has 1 aliphatic heterocycles. The number of anilines is 1. The van der Waals surface area contributed by atoms with Crippen molar-refractivity contribution in [2.45, 2.75) is 31.9 Å². The highest BCUT2D eigenvalue weighted by Gasteiger charge is 2.28. The minimum Gasteiger partial charge on any atom is -0.369 e. The Bertz CT molecular complexity index is 442. The Labute approximate surface area is 114 Å². The SMILES string of the molecule is CCC(=O)c1ccccc1N1CCSC(C)(C)C1. The first-order valence-electron chi connectivity index (χ1n) is 6.54. The number of hydrogen-bond donors (Lipinski definition) is 0. The summed E-state index contributed by atoms with van der Waals surface area (Å²) >= 11 is 2.01. The zero-order chi connectivity index (χ0) is 13.2. The summed E-state index contributed by atoms with van der Waals surface area (Å²) < 4.78 is 0.265. The summed E-state index contributed by atoms with van der Waals surface area (Å²) in [6.45, 7) is 8.51. The lowest BCUT2D eigenvalue weighted by atomic mass is 10.0. The molecular formula is C15H21NOS. The average Bonchev–Trinajstić information content (AvgIpc) is 2.36. The average molecular weight is 263 g/mol. The number of hydrogen-bond acceptors (Lipinski definition) is 3. The highest BCUT2D eigenvalue weighted by molar-refractivity contribution is 8.00. The highest BCUT2D eigenvalue weighted by Crippen LogP contribution is 2.33. The number of nitrogens with zero attached hydrogens (tertiary/aromatic N) is 1. The third kappa shape index (κ3) is 2.89. The van der Waals surface area contributed by atoms with E-state index in [0.29, 0.717) is 6.42 Å². The highest BCUT2D eigenvalue weighted by atomic mass is 32.2. The normalized spacial score (nSPS) is 18.7. The van der Waals surface area contributed by atoms with Crippen molar-refractivity contribution in [2.75, 3.05) is 23.7 Å². The molecule has 1 heterocycles. The van der Waals surface area contributed by atoms with Gasteiger partial charge in [0.05, 0.1) is 0 Å². The first-order chi connectivity index (χ1) is 8.53. The predicted molar refractivity (Wildman–Crippen MR) is 79.8 cm³/mol. The summed E-state index contributed by atoms with van der Waals surface area (Å²) in [4.78, 5) is 14.4. The zero-order valence-electron chi connectivity index (χ0n) is 11.4. The van der Waals surface area contributed by atoms with E-state index in [1.165, 1.54) is 0 Å². The van der Waals surface area contributed by atoms with Gasteiger partial charge in [0.15, 0.2) is 5.78 Å². The number of rotatable bonds is 3. The van der Waals surface area contributed by atoms with Crippen molar-refractivity contribution in [1.82, 2.24) is 0 Å². The molecule has 3 heteroatoms. The molecule has 0 aliphatic carbocycles. The van der Waals surface area contributed by atoms with E-state index in [2.05, 4.69) is 24.8 Å². The van der Waals surface area contributed by atoms with Gasteiger partial charge in [0.25, 0.3) is 0 Å². The summed E-state index contributed by atoms with van der Waals surface area (Å²) in [5.74, 6) is 1.36. The summed E-state index contributed by atoms with van der Waals surface area (Å²) in [5.41, 5.74) is 1.99. The summed E-state index contributed by atoms with van der Waals surface area (Å²) in [7, 11) is 0. The largest absolute Gasteiger partial charge is 0.369 e. The minimum atomic E-state index is 0.238. The number of para-hydroxylation sites is 1. The van der Waals surface area contributed by atoms with Crippen molar-refractivity contribution in [2.24, 2.45) is 0 Å². The van der Waals surface area contributed by atoms with Gasteiger partial charge in [-0.25, -0.2) is 0 Å². The lowest BCUT2D eigenvalue weighted by molar-refractivity contribution is 0.0988. The second kappa shape index (κ2) is 5.35. The van der Waals surface area contributed by atoms with Crippen LogP contribution in [0.5, 0.6) is 0 Å². The van der Waals surface area contributed by atoms with E-state index in [4.69, 9.17) is 0 Å². The third-order valence-corrected chi connectivity index (χ3v) is 4.59. The number of benzene rings is 1. The van der Waals surface area contributed by atoms with Crippen LogP contribution in [0.25, 0.3) is 0 Å². The van der Waals surface area contributed by atoms with Crippen LogP contribution in [0.1, 0.15) is 37.6 Å². The molecule has 1 fully saturated rings. The second-order valence-electron chi connectivity index (χ2n) is 5.32. The predicted octanol–water partition coefficient (Wildman–Crippen LogP) is 3.61. The number of ketones is 1. The quantitative estimate of drug-likeness (QED) is 0.777. The van der Waals surface area contributed by atoms with Gasteiger partial charge in [-0.05, 0) is 26.0 Å². The number of carbonyl (C=O) groups excluding carboxylic acids is 1. The van der Waals surface area contributed by atoms with E-state index in [1.807, 2.05) is 36.9 Å². The summed E-state index contributed by atoms with van der Waals surface area (Å²) in [5, 5.41) is 0. The van der Waals surface area contributed by atoms with Crippen molar-refractivity contribution < 1.29 is 4.79 Å². The fourth-order valence-electron chi connectivity index (χ4n) is 2.40. The number of Topliss-reactive ketones (excluding diaryl/α,β-unsaturated/α-hetero) is 1. The van der Waals surface area contributed by atoms with Crippen molar-refractivity contribution in [3.63, 3.8) is 0 Å². The molecule has 1 aliphatic rings. The topological polar surface area (TPSA) is 20.3 Å². The van der Waals surface area contributed by atoms with Gasteiger partial charge < -0.3 is 4.90 Å². The van der Waals surface area contributed by atoms with Gasteiger partial charge in [-0.3, -0.25) is 4.79 Å². The molecule has 0 N–H and O–H groups in total. The van der Waals surface area contributed by atoms with Crippen molar-refractivity contribution in [1.29, 1.82) is 0 Å². The van der Waals surface area contributed by atoms with Crippen LogP contribution < -0.4 is 4.90 Å².